The number of hydrogen-bond donors (Lipinski definition) is 3. The smallest absolute Gasteiger partial charge is 0.413 e. The maximum atomic E-state index is 14.3. The Morgan fingerprint density at radius 2 is 1.77 bits per heavy atom. The minimum Gasteiger partial charge on any atom is -0.413 e. The number of aromatic nitrogens is 2. The molecular weight excluding hydrogens is 587 g/mol. The topological polar surface area (TPSA) is 156 Å². The summed E-state index contributed by atoms with van der Waals surface area (Å²) >= 11 is 0. The van der Waals surface area contributed by atoms with E-state index in [4.69, 9.17) is 29.0 Å². The number of para-hydroxylation sites is 1. The van der Waals surface area contributed by atoms with E-state index in [1.54, 1.807) is 30.3 Å². The average Bonchev–Trinajstić information content (AvgIpc) is 3.48. The Balaban J connectivity index is 1.50. The lowest BCUT2D eigenvalue weighted by Gasteiger charge is -2.30. The number of rotatable bonds is 18. The van der Waals surface area contributed by atoms with Gasteiger partial charge in [0.1, 0.15) is 18.2 Å². The number of ether oxygens (including phenoxy) is 3. The van der Waals surface area contributed by atoms with Crippen molar-refractivity contribution in [3.8, 4) is 5.75 Å². The summed E-state index contributed by atoms with van der Waals surface area (Å²) in [6.07, 6.45) is 2.70. The molecule has 13 heteroatoms. The number of hydrogen-bond acceptors (Lipinski definition) is 10. The number of anilines is 1. The third kappa shape index (κ3) is 10.2. The molecule has 0 saturated carbocycles. The van der Waals surface area contributed by atoms with Crippen LogP contribution in [0.5, 0.6) is 5.75 Å². The molecule has 0 aliphatic carbocycles. The van der Waals surface area contributed by atoms with Crippen molar-refractivity contribution in [1.29, 1.82) is 0 Å². The predicted molar refractivity (Wildman–Crippen MR) is 166 cm³/mol. The van der Waals surface area contributed by atoms with Gasteiger partial charge in [-0.15, -0.1) is 0 Å². The third-order valence-electron chi connectivity index (χ3n) is 7.11. The molecule has 2 heterocycles. The van der Waals surface area contributed by atoms with Gasteiger partial charge < -0.3 is 29.6 Å². The lowest BCUT2D eigenvalue weighted by molar-refractivity contribution is -0.128. The maximum absolute atomic E-state index is 14.3. The molecule has 4 N–H and O–H groups in total. The number of aliphatic hydroxyl groups excluding tert-OH is 1. The van der Waals surface area contributed by atoms with E-state index in [2.05, 4.69) is 23.9 Å². The Bertz CT molecular complexity index is 1370. The first-order valence-corrected chi connectivity index (χ1v) is 16.5. The van der Waals surface area contributed by atoms with Crippen molar-refractivity contribution >= 4 is 13.6 Å². The molecule has 0 spiro atoms. The molecule has 1 fully saturated rings. The quantitative estimate of drug-likeness (QED) is 0.133. The van der Waals surface area contributed by atoms with E-state index in [0.717, 1.165) is 31.2 Å². The Hall–Kier alpha value is -3.09. The van der Waals surface area contributed by atoms with Crippen LogP contribution in [0.15, 0.2) is 77.7 Å². The van der Waals surface area contributed by atoms with Gasteiger partial charge in [-0.2, -0.15) is 4.98 Å². The van der Waals surface area contributed by atoms with E-state index >= 15 is 0 Å². The molecule has 5 atom stereocenters. The van der Waals surface area contributed by atoms with Crippen molar-refractivity contribution in [3.05, 3.63) is 89.0 Å². The van der Waals surface area contributed by atoms with Gasteiger partial charge in [-0.25, -0.2) is 14.4 Å². The lowest BCUT2D eigenvalue weighted by Crippen LogP contribution is -2.43. The van der Waals surface area contributed by atoms with Gasteiger partial charge in [0.2, 0.25) is 0 Å². The summed E-state index contributed by atoms with van der Waals surface area (Å²) in [5, 5.41) is 14.2. The predicted octanol–water partition coefficient (Wildman–Crippen LogP) is 4.65. The molecule has 44 heavy (non-hydrogen) atoms. The summed E-state index contributed by atoms with van der Waals surface area (Å²) in [5.41, 5.74) is 5.90. The Morgan fingerprint density at radius 1 is 1.09 bits per heavy atom. The molecule has 2 aromatic carbocycles. The molecular formula is C31H43N4O8P. The van der Waals surface area contributed by atoms with Crippen LogP contribution in [0.25, 0.3) is 0 Å². The second-order valence-corrected chi connectivity index (χ2v) is 12.4. The number of benzene rings is 2. The number of nitrogens with two attached hydrogens (primary N) is 1. The zero-order valence-electron chi connectivity index (χ0n) is 25.2. The maximum Gasteiger partial charge on any atom is 0.459 e. The highest BCUT2D eigenvalue weighted by Crippen LogP contribution is 2.46. The van der Waals surface area contributed by atoms with Gasteiger partial charge in [0.25, 0.3) is 0 Å². The number of aliphatic hydroxyl groups is 1. The molecule has 2 unspecified atom stereocenters. The summed E-state index contributed by atoms with van der Waals surface area (Å²) in [6, 6.07) is 18.7. The first-order valence-electron chi connectivity index (χ1n) is 15.0. The number of nitrogens with zero attached hydrogens (tertiary/aromatic N) is 2. The first-order chi connectivity index (χ1) is 21.3. The molecule has 240 valence electrons. The molecule has 4 rings (SSSR count). The summed E-state index contributed by atoms with van der Waals surface area (Å²) in [7, 11) is -4.17. The molecule has 1 saturated heterocycles. The average molecular weight is 631 g/mol. The summed E-state index contributed by atoms with van der Waals surface area (Å²) in [6.45, 7) is 4.35. The van der Waals surface area contributed by atoms with Crippen LogP contribution in [-0.2, 0) is 29.7 Å². The molecule has 0 bridgehead atoms. The third-order valence-corrected chi connectivity index (χ3v) is 8.70. The molecule has 1 aliphatic heterocycles. The van der Waals surface area contributed by atoms with Gasteiger partial charge in [0.15, 0.2) is 18.8 Å². The molecule has 0 amide bonds. The minimum absolute atomic E-state index is 0.0384. The molecule has 0 radical (unpaired) electrons. The van der Waals surface area contributed by atoms with Gasteiger partial charge in [-0.05, 0) is 48.9 Å². The fraction of sp³-hybridized carbons (Fsp3) is 0.484. The Kier molecular flexibility index (Phi) is 12.9. The van der Waals surface area contributed by atoms with Crippen LogP contribution >= 0.6 is 7.75 Å². The first kappa shape index (κ1) is 33.8. The van der Waals surface area contributed by atoms with E-state index in [-0.39, 0.29) is 25.5 Å². The number of nitrogens with one attached hydrogen (secondary N) is 1. The van der Waals surface area contributed by atoms with Gasteiger partial charge in [0, 0.05) is 6.20 Å². The van der Waals surface area contributed by atoms with Crippen LogP contribution in [0.3, 0.4) is 0 Å². The van der Waals surface area contributed by atoms with E-state index in [0.29, 0.717) is 18.3 Å². The van der Waals surface area contributed by atoms with Crippen molar-refractivity contribution in [2.45, 2.75) is 70.8 Å². The van der Waals surface area contributed by atoms with Crippen LogP contribution in [-0.4, -0.2) is 53.1 Å². The van der Waals surface area contributed by atoms with E-state index in [1.165, 1.54) is 16.8 Å². The van der Waals surface area contributed by atoms with Crippen molar-refractivity contribution in [3.63, 3.8) is 0 Å². The van der Waals surface area contributed by atoms with Crippen LogP contribution in [0.4, 0.5) is 5.82 Å². The second kappa shape index (κ2) is 16.8. The fourth-order valence-corrected chi connectivity index (χ4v) is 6.47. The standard InChI is InChI=1S/C31H43N4O8P/c1-3-11-24(12-4-2)20-40-30(36)26(19-23-13-7-5-8-14-23)34-44(38,43-25-15-9-6-10-16-25)41-22-29-39-21-28(42-29)35-18-17-27(32)33-31(35)37/h5-10,13-18,24,26,28-30,36H,3-4,11-12,19-22H2,1-2H3,(H,34,38)(H2,32,33,37)/t26-,28-,29-,30?,44?/m0/s1. The lowest BCUT2D eigenvalue weighted by atomic mass is 9.99. The second-order valence-electron chi connectivity index (χ2n) is 10.7. The van der Waals surface area contributed by atoms with Crippen molar-refractivity contribution < 1.29 is 32.9 Å². The SMILES string of the molecule is CCCC(CCC)COC(O)[C@H](Cc1ccccc1)NP(=O)(OC[C@H]1OC[C@@H](n2ccc(N)nc2=O)O1)Oc1ccccc1. The summed E-state index contributed by atoms with van der Waals surface area (Å²) < 4.78 is 44.8. The normalized spacial score (nSPS) is 19.5. The number of nitrogen functional groups attached to an aromatic ring is 1. The van der Waals surface area contributed by atoms with Crippen LogP contribution < -0.4 is 21.0 Å². The van der Waals surface area contributed by atoms with Crippen LogP contribution in [0.2, 0.25) is 0 Å². The van der Waals surface area contributed by atoms with Gasteiger partial charge >= 0.3 is 13.4 Å². The minimum atomic E-state index is -4.17. The zero-order chi connectivity index (χ0) is 31.4. The monoisotopic (exact) mass is 630 g/mol. The highest BCUT2D eigenvalue weighted by molar-refractivity contribution is 7.52. The summed E-state index contributed by atoms with van der Waals surface area (Å²) in [4.78, 5) is 16.0. The van der Waals surface area contributed by atoms with Gasteiger partial charge in [-0.1, -0.05) is 75.2 Å². The fourth-order valence-electron chi connectivity index (χ4n) is 4.95. The molecule has 12 nitrogen and oxygen atoms in total. The van der Waals surface area contributed by atoms with E-state index < -0.39 is 38.3 Å². The van der Waals surface area contributed by atoms with Gasteiger partial charge in [0.05, 0.1) is 19.3 Å². The summed E-state index contributed by atoms with van der Waals surface area (Å²) in [5.74, 6) is 0.695. The van der Waals surface area contributed by atoms with Crippen molar-refractivity contribution in [2.24, 2.45) is 5.92 Å². The highest BCUT2D eigenvalue weighted by atomic mass is 31.2. The van der Waals surface area contributed by atoms with Crippen LogP contribution in [0.1, 0.15) is 51.3 Å². The van der Waals surface area contributed by atoms with E-state index in [9.17, 15) is 14.5 Å². The molecule has 3 aromatic rings. The highest BCUT2D eigenvalue weighted by Gasteiger charge is 2.37. The van der Waals surface area contributed by atoms with E-state index in [1.807, 2.05) is 30.3 Å². The molecule has 1 aromatic heterocycles. The Morgan fingerprint density at radius 3 is 2.43 bits per heavy atom. The van der Waals surface area contributed by atoms with Crippen molar-refractivity contribution in [1.82, 2.24) is 14.6 Å². The van der Waals surface area contributed by atoms with Gasteiger partial charge in [-0.3, -0.25) is 9.09 Å². The Labute approximate surface area is 258 Å². The van der Waals surface area contributed by atoms with Crippen LogP contribution in [0, 0.1) is 5.92 Å². The zero-order valence-corrected chi connectivity index (χ0v) is 26.1. The van der Waals surface area contributed by atoms with Crippen molar-refractivity contribution in [2.75, 3.05) is 25.6 Å². The largest absolute Gasteiger partial charge is 0.459 e. The molecule has 1 aliphatic rings.